The quantitative estimate of drug-likeness (QED) is 0.615. The SMILES string of the molecule is N#CC1(C2CCCCC2)C=CC=CC1. The van der Waals surface area contributed by atoms with Gasteiger partial charge in [0.25, 0.3) is 0 Å². The van der Waals surface area contributed by atoms with Crippen molar-refractivity contribution in [1.82, 2.24) is 0 Å². The van der Waals surface area contributed by atoms with Gasteiger partial charge in [0, 0.05) is 0 Å². The maximum Gasteiger partial charge on any atom is 0.0818 e. The second-order valence-electron chi connectivity index (χ2n) is 4.48. The summed E-state index contributed by atoms with van der Waals surface area (Å²) < 4.78 is 0. The highest BCUT2D eigenvalue weighted by Gasteiger charge is 2.36. The summed E-state index contributed by atoms with van der Waals surface area (Å²) in [4.78, 5) is 0. The van der Waals surface area contributed by atoms with Crippen LogP contribution < -0.4 is 0 Å². The lowest BCUT2D eigenvalue weighted by Crippen LogP contribution is -2.29. The molecule has 1 unspecified atom stereocenters. The van der Waals surface area contributed by atoms with E-state index in [4.69, 9.17) is 0 Å². The largest absolute Gasteiger partial charge is 0.197 e. The van der Waals surface area contributed by atoms with Gasteiger partial charge in [0.15, 0.2) is 0 Å². The summed E-state index contributed by atoms with van der Waals surface area (Å²) in [5.41, 5.74) is -0.171. The van der Waals surface area contributed by atoms with Crippen molar-refractivity contribution in [1.29, 1.82) is 5.26 Å². The smallest absolute Gasteiger partial charge is 0.0818 e. The van der Waals surface area contributed by atoms with E-state index >= 15 is 0 Å². The molecule has 0 N–H and O–H groups in total. The zero-order valence-electron chi connectivity index (χ0n) is 8.58. The first kappa shape index (κ1) is 9.52. The predicted molar refractivity (Wildman–Crippen MR) is 57.5 cm³/mol. The average Bonchev–Trinajstić information content (AvgIpc) is 2.31. The van der Waals surface area contributed by atoms with E-state index in [1.165, 1.54) is 32.1 Å². The van der Waals surface area contributed by atoms with Gasteiger partial charge < -0.3 is 0 Å². The highest BCUT2D eigenvalue weighted by molar-refractivity contribution is 5.25. The van der Waals surface area contributed by atoms with Crippen molar-refractivity contribution in [3.63, 3.8) is 0 Å². The molecule has 0 aromatic carbocycles. The van der Waals surface area contributed by atoms with Gasteiger partial charge in [-0.25, -0.2) is 0 Å². The molecule has 0 spiro atoms. The summed E-state index contributed by atoms with van der Waals surface area (Å²) in [7, 11) is 0. The van der Waals surface area contributed by atoms with Crippen molar-refractivity contribution >= 4 is 0 Å². The Kier molecular flexibility index (Phi) is 2.72. The van der Waals surface area contributed by atoms with Crippen LogP contribution in [0.2, 0.25) is 0 Å². The third-order valence-corrected chi connectivity index (χ3v) is 3.64. The Balaban J connectivity index is 2.15. The van der Waals surface area contributed by atoms with Gasteiger partial charge in [-0.15, -0.1) is 0 Å². The lowest BCUT2D eigenvalue weighted by atomic mass is 9.66. The minimum Gasteiger partial charge on any atom is -0.197 e. The molecular formula is C13H17N. The average molecular weight is 187 g/mol. The molecule has 0 radical (unpaired) electrons. The molecule has 1 saturated carbocycles. The van der Waals surface area contributed by atoms with E-state index in [1.807, 2.05) is 6.08 Å². The number of nitrogens with zero attached hydrogens (tertiary/aromatic N) is 1. The maximum absolute atomic E-state index is 9.36. The molecule has 2 aliphatic rings. The first-order valence-corrected chi connectivity index (χ1v) is 5.63. The molecule has 1 fully saturated rings. The van der Waals surface area contributed by atoms with E-state index in [9.17, 15) is 5.26 Å². The van der Waals surface area contributed by atoms with Gasteiger partial charge in [0.2, 0.25) is 0 Å². The molecule has 1 heteroatoms. The van der Waals surface area contributed by atoms with Crippen molar-refractivity contribution < 1.29 is 0 Å². The molecule has 0 heterocycles. The Morgan fingerprint density at radius 1 is 1.14 bits per heavy atom. The molecule has 2 aliphatic carbocycles. The number of nitriles is 1. The summed E-state index contributed by atoms with van der Waals surface area (Å²) in [5.74, 6) is 0.599. The first-order valence-electron chi connectivity index (χ1n) is 5.63. The van der Waals surface area contributed by atoms with Gasteiger partial charge in [0.1, 0.15) is 0 Å². The van der Waals surface area contributed by atoms with Crippen LogP contribution in [-0.2, 0) is 0 Å². The first-order chi connectivity index (χ1) is 6.87. The van der Waals surface area contributed by atoms with Crippen LogP contribution in [0.25, 0.3) is 0 Å². The second kappa shape index (κ2) is 4.00. The van der Waals surface area contributed by atoms with Crippen LogP contribution in [0.15, 0.2) is 24.3 Å². The molecule has 0 aromatic rings. The minimum atomic E-state index is -0.171. The molecule has 74 valence electrons. The Hall–Kier alpha value is -1.03. The van der Waals surface area contributed by atoms with Gasteiger partial charge >= 0.3 is 0 Å². The fraction of sp³-hybridized carbons (Fsp3) is 0.615. The molecule has 2 rings (SSSR count). The lowest BCUT2D eigenvalue weighted by Gasteiger charge is -2.35. The van der Waals surface area contributed by atoms with E-state index in [0.29, 0.717) is 5.92 Å². The van der Waals surface area contributed by atoms with E-state index in [0.717, 1.165) is 6.42 Å². The van der Waals surface area contributed by atoms with Crippen LogP contribution in [0, 0.1) is 22.7 Å². The van der Waals surface area contributed by atoms with Crippen molar-refractivity contribution in [3.8, 4) is 6.07 Å². The van der Waals surface area contributed by atoms with Crippen molar-refractivity contribution in [2.75, 3.05) is 0 Å². The van der Waals surface area contributed by atoms with E-state index in [-0.39, 0.29) is 5.41 Å². The normalized spacial score (nSPS) is 32.8. The van der Waals surface area contributed by atoms with Gasteiger partial charge in [-0.05, 0) is 25.2 Å². The molecule has 0 bridgehead atoms. The van der Waals surface area contributed by atoms with Crippen LogP contribution >= 0.6 is 0 Å². The Morgan fingerprint density at radius 3 is 2.50 bits per heavy atom. The number of hydrogen-bond acceptors (Lipinski definition) is 1. The summed E-state index contributed by atoms with van der Waals surface area (Å²) >= 11 is 0. The molecule has 0 amide bonds. The van der Waals surface area contributed by atoms with Gasteiger partial charge in [-0.1, -0.05) is 43.6 Å². The van der Waals surface area contributed by atoms with Crippen molar-refractivity contribution in [3.05, 3.63) is 24.3 Å². The fourth-order valence-corrected chi connectivity index (χ4v) is 2.73. The third kappa shape index (κ3) is 1.62. The molecule has 14 heavy (non-hydrogen) atoms. The molecular weight excluding hydrogens is 170 g/mol. The molecule has 0 aromatic heterocycles. The Labute approximate surface area is 86.1 Å². The topological polar surface area (TPSA) is 23.8 Å². The highest BCUT2D eigenvalue weighted by atomic mass is 14.4. The van der Waals surface area contributed by atoms with Crippen molar-refractivity contribution in [2.24, 2.45) is 11.3 Å². The minimum absolute atomic E-state index is 0.171. The van der Waals surface area contributed by atoms with E-state index in [2.05, 4.69) is 24.3 Å². The Bertz CT molecular complexity index is 289. The summed E-state index contributed by atoms with van der Waals surface area (Å²) in [6.45, 7) is 0. The number of rotatable bonds is 1. The van der Waals surface area contributed by atoms with Gasteiger partial charge in [0.05, 0.1) is 11.5 Å². The summed E-state index contributed by atoms with van der Waals surface area (Å²) in [6.07, 6.45) is 15.7. The lowest BCUT2D eigenvalue weighted by molar-refractivity contribution is 0.227. The van der Waals surface area contributed by atoms with Crippen LogP contribution in [-0.4, -0.2) is 0 Å². The number of hydrogen-bond donors (Lipinski definition) is 0. The van der Waals surface area contributed by atoms with E-state index < -0.39 is 0 Å². The van der Waals surface area contributed by atoms with Crippen LogP contribution in [0.1, 0.15) is 38.5 Å². The molecule has 0 saturated heterocycles. The van der Waals surface area contributed by atoms with E-state index in [1.54, 1.807) is 0 Å². The zero-order chi connectivity index (χ0) is 9.86. The standard InChI is InChI=1S/C13H17N/c14-11-13(9-5-2-6-10-13)12-7-3-1-4-8-12/h2,5-6,9,12H,1,3-4,7-8,10H2. The Morgan fingerprint density at radius 2 is 1.93 bits per heavy atom. The molecule has 1 atom stereocenters. The monoisotopic (exact) mass is 187 g/mol. The van der Waals surface area contributed by atoms with Gasteiger partial charge in [-0.2, -0.15) is 5.26 Å². The van der Waals surface area contributed by atoms with Crippen LogP contribution in [0.4, 0.5) is 0 Å². The summed E-state index contributed by atoms with van der Waals surface area (Å²) in [6, 6.07) is 2.55. The molecule has 1 nitrogen and oxygen atoms in total. The van der Waals surface area contributed by atoms with Crippen LogP contribution in [0.3, 0.4) is 0 Å². The van der Waals surface area contributed by atoms with Crippen LogP contribution in [0.5, 0.6) is 0 Å². The van der Waals surface area contributed by atoms with Crippen molar-refractivity contribution in [2.45, 2.75) is 38.5 Å². The molecule has 0 aliphatic heterocycles. The fourth-order valence-electron chi connectivity index (χ4n) is 2.73. The third-order valence-electron chi connectivity index (χ3n) is 3.64. The predicted octanol–water partition coefficient (Wildman–Crippen LogP) is 3.59. The maximum atomic E-state index is 9.36. The highest BCUT2D eigenvalue weighted by Crippen LogP contribution is 2.43. The second-order valence-corrected chi connectivity index (χ2v) is 4.48. The van der Waals surface area contributed by atoms with Gasteiger partial charge in [-0.3, -0.25) is 0 Å². The summed E-state index contributed by atoms with van der Waals surface area (Å²) in [5, 5.41) is 9.36. The number of allylic oxidation sites excluding steroid dienone is 4. The zero-order valence-corrected chi connectivity index (χ0v) is 8.58.